The molecule has 21 heavy (non-hydrogen) atoms. The first kappa shape index (κ1) is 15.3. The fourth-order valence-electron chi connectivity index (χ4n) is 2.34. The van der Waals surface area contributed by atoms with Gasteiger partial charge < -0.3 is 11.1 Å². The number of imidazole rings is 1. The molecule has 0 aromatic carbocycles. The van der Waals surface area contributed by atoms with Crippen LogP contribution in [0.1, 0.15) is 19.8 Å². The summed E-state index contributed by atoms with van der Waals surface area (Å²) < 4.78 is 4.43. The molecule has 0 aliphatic heterocycles. The molecule has 8 heteroatoms. The molecule has 0 bridgehead atoms. The van der Waals surface area contributed by atoms with Gasteiger partial charge in [0.05, 0.1) is 0 Å². The largest absolute Gasteiger partial charge is 0.354 e. The molecule has 0 fully saturated rings. The maximum Gasteiger partial charge on any atom is 0.332 e. The zero-order chi connectivity index (χ0) is 15.6. The highest BCUT2D eigenvalue weighted by Crippen LogP contribution is 2.16. The van der Waals surface area contributed by atoms with Gasteiger partial charge in [0, 0.05) is 33.7 Å². The predicted molar refractivity (Wildman–Crippen MR) is 82.7 cm³/mol. The molecule has 0 aliphatic rings. The molecule has 0 amide bonds. The monoisotopic (exact) mass is 294 g/mol. The van der Waals surface area contributed by atoms with E-state index in [1.165, 1.54) is 11.6 Å². The first-order valence-corrected chi connectivity index (χ1v) is 7.13. The highest BCUT2D eigenvalue weighted by molar-refractivity contribution is 5.74. The number of rotatable bonds is 6. The van der Waals surface area contributed by atoms with Gasteiger partial charge in [0.1, 0.15) is 0 Å². The van der Waals surface area contributed by atoms with Crippen LogP contribution in [0.2, 0.25) is 0 Å². The molecule has 0 spiro atoms. The first-order chi connectivity index (χ1) is 10.0. The van der Waals surface area contributed by atoms with E-state index in [0.29, 0.717) is 36.7 Å². The van der Waals surface area contributed by atoms with Crippen molar-refractivity contribution in [2.24, 2.45) is 19.8 Å². The van der Waals surface area contributed by atoms with E-state index in [9.17, 15) is 9.59 Å². The minimum atomic E-state index is -0.376. The van der Waals surface area contributed by atoms with Gasteiger partial charge >= 0.3 is 5.69 Å². The summed E-state index contributed by atoms with van der Waals surface area (Å²) in [6.45, 7) is 3.81. The molecule has 3 N–H and O–H groups in total. The third-order valence-corrected chi connectivity index (χ3v) is 3.50. The molecule has 2 aromatic rings. The van der Waals surface area contributed by atoms with Crippen molar-refractivity contribution in [2.75, 3.05) is 18.4 Å². The van der Waals surface area contributed by atoms with Crippen molar-refractivity contribution in [3.63, 3.8) is 0 Å². The standard InChI is InChI=1S/C13H22N6O2/c1-4-5-8-19-10-9(16-12(19)15-7-6-14)11(20)18(3)13(21)17(10)2/h4-8,14H2,1-3H3,(H,15,16). The maximum absolute atomic E-state index is 12.2. The highest BCUT2D eigenvalue weighted by atomic mass is 16.2. The van der Waals surface area contributed by atoms with E-state index in [0.717, 1.165) is 17.4 Å². The molecule has 116 valence electrons. The van der Waals surface area contributed by atoms with Crippen LogP contribution in [0.3, 0.4) is 0 Å². The van der Waals surface area contributed by atoms with E-state index in [-0.39, 0.29) is 11.2 Å². The van der Waals surface area contributed by atoms with E-state index >= 15 is 0 Å². The lowest BCUT2D eigenvalue weighted by Crippen LogP contribution is -2.37. The zero-order valence-corrected chi connectivity index (χ0v) is 12.7. The predicted octanol–water partition coefficient (Wildman–Crippen LogP) is -0.396. The molecule has 2 rings (SSSR count). The van der Waals surface area contributed by atoms with Gasteiger partial charge in [0.25, 0.3) is 5.56 Å². The van der Waals surface area contributed by atoms with Crippen LogP contribution >= 0.6 is 0 Å². The van der Waals surface area contributed by atoms with Crippen molar-refractivity contribution < 1.29 is 0 Å². The van der Waals surface area contributed by atoms with Crippen molar-refractivity contribution in [3.05, 3.63) is 20.8 Å². The molecule has 0 aliphatic carbocycles. The van der Waals surface area contributed by atoms with E-state index in [4.69, 9.17) is 5.73 Å². The Labute approximate surface area is 122 Å². The van der Waals surface area contributed by atoms with E-state index in [2.05, 4.69) is 17.2 Å². The number of nitrogens with one attached hydrogen (secondary N) is 1. The van der Waals surface area contributed by atoms with Gasteiger partial charge in [-0.3, -0.25) is 18.5 Å². The topological polar surface area (TPSA) is 99.9 Å². The van der Waals surface area contributed by atoms with Crippen LogP contribution in [0.25, 0.3) is 11.2 Å². The number of hydrogen-bond donors (Lipinski definition) is 2. The number of anilines is 1. The van der Waals surface area contributed by atoms with Crippen molar-refractivity contribution in [1.29, 1.82) is 0 Å². The Hall–Kier alpha value is -2.09. The quantitative estimate of drug-likeness (QED) is 0.755. The van der Waals surface area contributed by atoms with Crippen LogP contribution in [0.5, 0.6) is 0 Å². The fourth-order valence-corrected chi connectivity index (χ4v) is 2.34. The molecule has 0 radical (unpaired) electrons. The second-order valence-corrected chi connectivity index (χ2v) is 5.03. The van der Waals surface area contributed by atoms with Gasteiger partial charge in [-0.2, -0.15) is 0 Å². The molecule has 2 heterocycles. The number of nitrogens with zero attached hydrogens (tertiary/aromatic N) is 4. The van der Waals surface area contributed by atoms with Gasteiger partial charge in [-0.15, -0.1) is 0 Å². The SMILES string of the molecule is CCCCn1c(NCCN)nc2c(=O)n(C)c(=O)n(C)c21. The number of fused-ring (bicyclic) bond motifs is 1. The van der Waals surface area contributed by atoms with E-state index < -0.39 is 0 Å². The number of nitrogens with two attached hydrogens (primary N) is 1. The molecule has 0 saturated carbocycles. The summed E-state index contributed by atoms with van der Waals surface area (Å²) in [6, 6.07) is 0. The minimum Gasteiger partial charge on any atom is -0.354 e. The zero-order valence-electron chi connectivity index (χ0n) is 12.7. The molecular weight excluding hydrogens is 272 g/mol. The van der Waals surface area contributed by atoms with Crippen molar-refractivity contribution in [3.8, 4) is 0 Å². The van der Waals surface area contributed by atoms with Crippen LogP contribution in [0.15, 0.2) is 9.59 Å². The van der Waals surface area contributed by atoms with E-state index in [1.807, 2.05) is 4.57 Å². The van der Waals surface area contributed by atoms with Gasteiger partial charge in [-0.1, -0.05) is 13.3 Å². The summed E-state index contributed by atoms with van der Waals surface area (Å²) in [6.07, 6.45) is 1.95. The van der Waals surface area contributed by atoms with Crippen molar-refractivity contribution >= 4 is 17.1 Å². The Morgan fingerprint density at radius 3 is 2.57 bits per heavy atom. The Bertz CT molecular complexity index is 755. The van der Waals surface area contributed by atoms with Crippen LogP contribution < -0.4 is 22.3 Å². The molecule has 8 nitrogen and oxygen atoms in total. The Balaban J connectivity index is 2.74. The van der Waals surface area contributed by atoms with Crippen molar-refractivity contribution in [1.82, 2.24) is 18.7 Å². The Kier molecular flexibility index (Phi) is 4.46. The summed E-state index contributed by atoms with van der Waals surface area (Å²) >= 11 is 0. The number of aromatic nitrogens is 4. The average Bonchev–Trinajstić information content (AvgIpc) is 2.85. The van der Waals surface area contributed by atoms with Gasteiger partial charge in [0.15, 0.2) is 11.2 Å². The molecule has 2 aromatic heterocycles. The van der Waals surface area contributed by atoms with Crippen LogP contribution in [0.4, 0.5) is 5.95 Å². The van der Waals surface area contributed by atoms with Gasteiger partial charge in [-0.05, 0) is 6.42 Å². The average molecular weight is 294 g/mol. The highest BCUT2D eigenvalue weighted by Gasteiger charge is 2.18. The normalized spacial score (nSPS) is 11.2. The first-order valence-electron chi connectivity index (χ1n) is 7.13. The second kappa shape index (κ2) is 6.13. The summed E-state index contributed by atoms with van der Waals surface area (Å²) in [5, 5.41) is 3.12. The lowest BCUT2D eigenvalue weighted by atomic mass is 10.3. The lowest BCUT2D eigenvalue weighted by molar-refractivity contribution is 0.625. The van der Waals surface area contributed by atoms with Crippen LogP contribution in [-0.4, -0.2) is 31.8 Å². The summed E-state index contributed by atoms with van der Waals surface area (Å²) in [5.74, 6) is 0.585. The fraction of sp³-hybridized carbons (Fsp3) is 0.615. The van der Waals surface area contributed by atoms with Gasteiger partial charge in [-0.25, -0.2) is 9.78 Å². The lowest BCUT2D eigenvalue weighted by Gasteiger charge is -2.11. The number of unbranched alkanes of at least 4 members (excludes halogenated alkanes) is 1. The third-order valence-electron chi connectivity index (χ3n) is 3.50. The summed E-state index contributed by atoms with van der Waals surface area (Å²) in [4.78, 5) is 28.7. The van der Waals surface area contributed by atoms with E-state index in [1.54, 1.807) is 7.05 Å². The second-order valence-electron chi connectivity index (χ2n) is 5.03. The Morgan fingerprint density at radius 1 is 1.24 bits per heavy atom. The molecule has 0 unspecified atom stereocenters. The molecule has 0 saturated heterocycles. The van der Waals surface area contributed by atoms with Crippen LogP contribution in [0, 0.1) is 0 Å². The number of aryl methyl sites for hydroxylation is 2. The molecule has 0 atom stereocenters. The third kappa shape index (κ3) is 2.58. The Morgan fingerprint density at radius 2 is 1.95 bits per heavy atom. The summed E-state index contributed by atoms with van der Waals surface area (Å²) in [5.41, 5.74) is 5.63. The summed E-state index contributed by atoms with van der Waals surface area (Å²) in [7, 11) is 3.11. The van der Waals surface area contributed by atoms with Crippen molar-refractivity contribution in [2.45, 2.75) is 26.3 Å². The smallest absolute Gasteiger partial charge is 0.332 e. The molecular formula is C13H22N6O2. The minimum absolute atomic E-state index is 0.301. The number of hydrogen-bond acceptors (Lipinski definition) is 5. The van der Waals surface area contributed by atoms with Crippen LogP contribution in [-0.2, 0) is 20.6 Å². The maximum atomic E-state index is 12.2. The van der Waals surface area contributed by atoms with Gasteiger partial charge in [0.2, 0.25) is 5.95 Å².